The Balaban J connectivity index is 2.11. The number of rotatable bonds is 12. The van der Waals surface area contributed by atoms with E-state index in [1.807, 2.05) is 20.8 Å². The normalized spacial score (nSPS) is 12.9. The van der Waals surface area contributed by atoms with Gasteiger partial charge in [-0.2, -0.15) is 0 Å². The molecule has 0 aliphatic rings. The van der Waals surface area contributed by atoms with Crippen LogP contribution in [0.2, 0.25) is 20.1 Å². The first-order valence-corrected chi connectivity index (χ1v) is 16.3. The Hall–Kier alpha value is -2.49. The molecule has 0 saturated heterocycles. The summed E-state index contributed by atoms with van der Waals surface area (Å²) in [6.07, 6.45) is 0.968. The van der Waals surface area contributed by atoms with Crippen molar-refractivity contribution in [3.63, 3.8) is 0 Å². The Morgan fingerprint density at radius 2 is 1.52 bits per heavy atom. The van der Waals surface area contributed by atoms with Crippen LogP contribution < -0.4 is 9.62 Å². The van der Waals surface area contributed by atoms with Crippen LogP contribution in [0.4, 0.5) is 5.69 Å². The van der Waals surface area contributed by atoms with Crippen molar-refractivity contribution >= 4 is 73.9 Å². The molecule has 3 aromatic rings. The maximum Gasteiger partial charge on any atom is 0.264 e. The molecular weight excluding hydrogens is 640 g/mol. The number of hydrogen-bond acceptors (Lipinski definition) is 4. The molecule has 7 nitrogen and oxygen atoms in total. The number of carbonyl (C=O) groups excluding carboxylic acids is 2. The van der Waals surface area contributed by atoms with Crippen molar-refractivity contribution in [2.45, 2.75) is 64.1 Å². The maximum atomic E-state index is 14.2. The van der Waals surface area contributed by atoms with Crippen LogP contribution >= 0.6 is 46.4 Å². The second-order valence-corrected chi connectivity index (χ2v) is 13.4. The number of hydrogen-bond donors (Lipinski definition) is 1. The van der Waals surface area contributed by atoms with E-state index in [0.29, 0.717) is 22.0 Å². The number of nitrogens with one attached hydrogen (secondary N) is 1. The molecule has 0 radical (unpaired) electrons. The van der Waals surface area contributed by atoms with Crippen molar-refractivity contribution < 1.29 is 18.0 Å². The zero-order valence-corrected chi connectivity index (χ0v) is 27.5. The predicted octanol–water partition coefficient (Wildman–Crippen LogP) is 7.53. The van der Waals surface area contributed by atoms with E-state index in [1.165, 1.54) is 35.2 Å². The molecule has 0 saturated carbocycles. The van der Waals surface area contributed by atoms with E-state index in [1.54, 1.807) is 37.3 Å². The molecule has 0 aliphatic carbocycles. The Morgan fingerprint density at radius 3 is 2.10 bits per heavy atom. The zero-order valence-electron chi connectivity index (χ0n) is 23.7. The van der Waals surface area contributed by atoms with E-state index < -0.39 is 28.5 Å². The molecule has 0 heterocycles. The summed E-state index contributed by atoms with van der Waals surface area (Å²) in [7, 11) is -4.25. The number of carbonyl (C=O) groups is 2. The highest BCUT2D eigenvalue weighted by molar-refractivity contribution is 7.92. The molecule has 0 fully saturated rings. The van der Waals surface area contributed by atoms with Crippen LogP contribution in [0.1, 0.15) is 44.7 Å². The fourth-order valence-corrected chi connectivity index (χ4v) is 6.37. The van der Waals surface area contributed by atoms with Crippen molar-refractivity contribution in [1.82, 2.24) is 10.2 Å². The third-order valence-corrected chi connectivity index (χ3v) is 9.94. The lowest BCUT2D eigenvalue weighted by Crippen LogP contribution is -2.53. The van der Waals surface area contributed by atoms with Crippen LogP contribution in [0.25, 0.3) is 0 Å². The minimum atomic E-state index is -4.25. The number of amides is 2. The molecule has 0 aliphatic heterocycles. The Morgan fingerprint density at radius 1 is 0.857 bits per heavy atom. The second kappa shape index (κ2) is 14.8. The average Bonchev–Trinajstić information content (AvgIpc) is 2.94. The van der Waals surface area contributed by atoms with Crippen LogP contribution in [-0.4, -0.2) is 43.8 Å². The van der Waals surface area contributed by atoms with Gasteiger partial charge in [0, 0.05) is 22.6 Å². The van der Waals surface area contributed by atoms with E-state index >= 15 is 0 Å². The topological polar surface area (TPSA) is 86.8 Å². The monoisotopic (exact) mass is 671 g/mol. The number of sulfonamides is 1. The summed E-state index contributed by atoms with van der Waals surface area (Å²) in [6, 6.07) is 14.4. The van der Waals surface area contributed by atoms with Gasteiger partial charge in [-0.1, -0.05) is 84.0 Å². The third-order valence-electron chi connectivity index (χ3n) is 6.82. The minimum Gasteiger partial charge on any atom is -0.352 e. The van der Waals surface area contributed by atoms with Crippen molar-refractivity contribution in [3.05, 3.63) is 91.9 Å². The zero-order chi connectivity index (χ0) is 31.2. The number of anilines is 1. The van der Waals surface area contributed by atoms with Gasteiger partial charge in [-0.3, -0.25) is 13.9 Å². The molecule has 3 aromatic carbocycles. The molecule has 3 rings (SSSR count). The number of halogens is 4. The lowest BCUT2D eigenvalue weighted by Gasteiger charge is -2.34. The SMILES string of the molecule is CC[C@H](C(=O)N[C@@H](C)CC)N(Cc1ccc(Cl)cc1Cl)C(=O)CN(c1ccc(Cl)c(Cl)c1)S(=O)(=O)c1ccc(C)cc1. The van der Waals surface area contributed by atoms with Gasteiger partial charge >= 0.3 is 0 Å². The van der Waals surface area contributed by atoms with Crippen molar-refractivity contribution in [3.8, 4) is 0 Å². The maximum absolute atomic E-state index is 14.2. The molecule has 12 heteroatoms. The Kier molecular flexibility index (Phi) is 12.0. The van der Waals surface area contributed by atoms with Crippen LogP contribution in [0, 0.1) is 6.92 Å². The summed E-state index contributed by atoms with van der Waals surface area (Å²) in [5, 5.41) is 4.01. The smallest absolute Gasteiger partial charge is 0.264 e. The average molecular weight is 673 g/mol. The minimum absolute atomic E-state index is 0.0131. The molecule has 42 heavy (non-hydrogen) atoms. The van der Waals surface area contributed by atoms with E-state index in [2.05, 4.69) is 5.32 Å². The fourth-order valence-electron chi connectivity index (χ4n) is 4.20. The highest BCUT2D eigenvalue weighted by Gasteiger charge is 2.34. The van der Waals surface area contributed by atoms with E-state index in [0.717, 1.165) is 9.87 Å². The van der Waals surface area contributed by atoms with Gasteiger partial charge in [0.2, 0.25) is 11.8 Å². The van der Waals surface area contributed by atoms with Gasteiger partial charge in [-0.25, -0.2) is 8.42 Å². The van der Waals surface area contributed by atoms with E-state index in [9.17, 15) is 18.0 Å². The summed E-state index contributed by atoms with van der Waals surface area (Å²) < 4.78 is 28.9. The standard InChI is InChI=1S/C30H33Cl4N3O4S/c1-5-20(4)35-30(39)28(6-2)36(17-21-9-10-22(31)15-26(21)33)29(38)18-37(23-11-14-25(32)27(34)16-23)42(40,41)24-12-7-19(3)8-13-24/h7-16,20,28H,5-6,17-18H2,1-4H3,(H,35,39)/t20-,28+/m0/s1. The Labute approximate surface area is 267 Å². The van der Waals surface area contributed by atoms with Gasteiger partial charge in [0.05, 0.1) is 20.6 Å². The first kappa shape index (κ1) is 34.0. The van der Waals surface area contributed by atoms with Crippen LogP contribution in [0.15, 0.2) is 65.6 Å². The molecule has 0 bridgehead atoms. The van der Waals surface area contributed by atoms with Gasteiger partial charge in [-0.05, 0) is 74.7 Å². The summed E-state index contributed by atoms with van der Waals surface area (Å²) >= 11 is 24.9. The third kappa shape index (κ3) is 8.32. The molecule has 226 valence electrons. The molecule has 0 unspecified atom stereocenters. The van der Waals surface area contributed by atoms with E-state index in [-0.39, 0.29) is 45.5 Å². The van der Waals surface area contributed by atoms with Gasteiger partial charge in [0.25, 0.3) is 10.0 Å². The lowest BCUT2D eigenvalue weighted by atomic mass is 10.1. The number of benzene rings is 3. The van der Waals surface area contributed by atoms with Crippen LogP contribution in [0.3, 0.4) is 0 Å². The molecule has 1 N–H and O–H groups in total. The Bertz CT molecular complexity index is 1530. The van der Waals surface area contributed by atoms with Crippen molar-refractivity contribution in [2.75, 3.05) is 10.8 Å². The molecular formula is C30H33Cl4N3O4S. The predicted molar refractivity (Wildman–Crippen MR) is 171 cm³/mol. The molecule has 0 aromatic heterocycles. The molecule has 0 spiro atoms. The summed E-state index contributed by atoms with van der Waals surface area (Å²) in [5.74, 6) is -0.971. The summed E-state index contributed by atoms with van der Waals surface area (Å²) in [5.41, 5.74) is 1.56. The van der Waals surface area contributed by atoms with Gasteiger partial charge in [0.15, 0.2) is 0 Å². The largest absolute Gasteiger partial charge is 0.352 e. The van der Waals surface area contributed by atoms with Gasteiger partial charge in [0.1, 0.15) is 12.6 Å². The molecule has 2 amide bonds. The van der Waals surface area contributed by atoms with Gasteiger partial charge in [-0.15, -0.1) is 0 Å². The van der Waals surface area contributed by atoms with Gasteiger partial charge < -0.3 is 10.2 Å². The first-order chi connectivity index (χ1) is 19.8. The molecule has 2 atom stereocenters. The number of nitrogens with zero attached hydrogens (tertiary/aromatic N) is 2. The quantitative estimate of drug-likeness (QED) is 0.216. The first-order valence-electron chi connectivity index (χ1n) is 13.4. The van der Waals surface area contributed by atoms with Crippen molar-refractivity contribution in [2.24, 2.45) is 0 Å². The van der Waals surface area contributed by atoms with Crippen LogP contribution in [0.5, 0.6) is 0 Å². The summed E-state index contributed by atoms with van der Waals surface area (Å²) in [6.45, 7) is 6.75. The summed E-state index contributed by atoms with van der Waals surface area (Å²) in [4.78, 5) is 28.9. The van der Waals surface area contributed by atoms with Crippen molar-refractivity contribution in [1.29, 1.82) is 0 Å². The van der Waals surface area contributed by atoms with Crippen LogP contribution in [-0.2, 0) is 26.2 Å². The fraction of sp³-hybridized carbons (Fsp3) is 0.333. The number of aryl methyl sites for hydroxylation is 1. The highest BCUT2D eigenvalue weighted by Crippen LogP contribution is 2.31. The lowest BCUT2D eigenvalue weighted by molar-refractivity contribution is -0.140. The second-order valence-electron chi connectivity index (χ2n) is 9.92. The highest BCUT2D eigenvalue weighted by atomic mass is 35.5. The van der Waals surface area contributed by atoms with E-state index in [4.69, 9.17) is 46.4 Å².